The van der Waals surface area contributed by atoms with Crippen LogP contribution in [0.3, 0.4) is 0 Å². The predicted octanol–water partition coefficient (Wildman–Crippen LogP) is 4.32. The Morgan fingerprint density at radius 1 is 1.00 bits per heavy atom. The number of anilines is 1. The van der Waals surface area contributed by atoms with Crippen molar-refractivity contribution in [3.05, 3.63) is 64.7 Å². The van der Waals surface area contributed by atoms with Crippen molar-refractivity contribution in [2.45, 2.75) is 25.2 Å². The molecule has 1 N–H and O–H groups in total. The lowest BCUT2D eigenvalue weighted by atomic mass is 10.1. The second-order valence-electron chi connectivity index (χ2n) is 7.04. The maximum absolute atomic E-state index is 12.5. The normalized spacial score (nSPS) is 21.5. The maximum Gasteiger partial charge on any atom is 0.253 e. The quantitative estimate of drug-likeness (QED) is 0.873. The summed E-state index contributed by atoms with van der Waals surface area (Å²) in [6.07, 6.45) is 2.98. The number of nitrogens with one attached hydrogen (secondary N) is 1. The minimum absolute atomic E-state index is 0.00791. The minimum Gasteiger partial charge on any atom is -0.339 e. The summed E-state index contributed by atoms with van der Waals surface area (Å²) in [6, 6.07) is 14.9. The van der Waals surface area contributed by atoms with Crippen LogP contribution in [0.2, 0.25) is 5.02 Å². The monoisotopic (exact) mass is 368 g/mol. The van der Waals surface area contributed by atoms with Crippen LogP contribution in [0, 0.1) is 5.92 Å². The van der Waals surface area contributed by atoms with Gasteiger partial charge in [-0.2, -0.15) is 0 Å². The molecule has 2 aliphatic rings. The molecule has 0 bridgehead atoms. The Labute approximate surface area is 158 Å². The van der Waals surface area contributed by atoms with Gasteiger partial charge < -0.3 is 10.2 Å². The van der Waals surface area contributed by atoms with Crippen molar-refractivity contribution in [1.82, 2.24) is 4.90 Å². The first-order valence-electron chi connectivity index (χ1n) is 9.08. The van der Waals surface area contributed by atoms with Crippen LogP contribution in [0.25, 0.3) is 0 Å². The van der Waals surface area contributed by atoms with Gasteiger partial charge in [0.25, 0.3) is 5.91 Å². The molecule has 2 fully saturated rings. The third-order valence-corrected chi connectivity index (χ3v) is 5.57. The predicted molar refractivity (Wildman–Crippen MR) is 103 cm³/mol. The largest absolute Gasteiger partial charge is 0.339 e. The van der Waals surface area contributed by atoms with E-state index < -0.39 is 0 Å². The summed E-state index contributed by atoms with van der Waals surface area (Å²) in [4.78, 5) is 26.7. The summed E-state index contributed by atoms with van der Waals surface area (Å²) in [6.45, 7) is 1.67. The van der Waals surface area contributed by atoms with Crippen LogP contribution in [0.4, 0.5) is 5.69 Å². The number of hydrogen-bond acceptors (Lipinski definition) is 2. The average Bonchev–Trinajstić information content (AvgIpc) is 3.26. The first kappa shape index (κ1) is 17.1. The third kappa shape index (κ3) is 3.47. The lowest BCUT2D eigenvalue weighted by Crippen LogP contribution is -2.27. The topological polar surface area (TPSA) is 49.4 Å². The zero-order chi connectivity index (χ0) is 18.1. The molecule has 0 spiro atoms. The fraction of sp³-hybridized carbons (Fsp3) is 0.333. The number of rotatable bonds is 4. The van der Waals surface area contributed by atoms with E-state index in [0.29, 0.717) is 5.56 Å². The standard InChI is InChI=1S/C21H21ClN2O2/c22-19-6-2-1-5-16(19)17-13-18(17)20(25)23-15-9-7-14(8-10-15)21(26)24-11-3-4-12-24/h1-2,5-10,17-18H,3-4,11-13H2,(H,23,25). The number of benzene rings is 2. The highest BCUT2D eigenvalue weighted by atomic mass is 35.5. The zero-order valence-electron chi connectivity index (χ0n) is 14.5. The number of likely N-dealkylation sites (tertiary alicyclic amines) is 1. The summed E-state index contributed by atoms with van der Waals surface area (Å²) in [5, 5.41) is 3.67. The van der Waals surface area contributed by atoms with E-state index in [1.807, 2.05) is 29.2 Å². The molecule has 2 aromatic rings. The van der Waals surface area contributed by atoms with Crippen molar-refractivity contribution >= 4 is 29.1 Å². The highest BCUT2D eigenvalue weighted by Gasteiger charge is 2.44. The van der Waals surface area contributed by atoms with Gasteiger partial charge in [-0.3, -0.25) is 9.59 Å². The van der Waals surface area contributed by atoms with Crippen LogP contribution in [0.5, 0.6) is 0 Å². The molecule has 26 heavy (non-hydrogen) atoms. The molecule has 2 unspecified atom stereocenters. The van der Waals surface area contributed by atoms with Crippen molar-refractivity contribution < 1.29 is 9.59 Å². The summed E-state index contributed by atoms with van der Waals surface area (Å²) in [7, 11) is 0. The first-order chi connectivity index (χ1) is 12.6. The van der Waals surface area contributed by atoms with Crippen LogP contribution in [-0.4, -0.2) is 29.8 Å². The maximum atomic E-state index is 12.5. The van der Waals surface area contributed by atoms with Gasteiger partial charge in [-0.15, -0.1) is 0 Å². The van der Waals surface area contributed by atoms with Crippen molar-refractivity contribution in [2.75, 3.05) is 18.4 Å². The van der Waals surface area contributed by atoms with Gasteiger partial charge in [0.1, 0.15) is 0 Å². The minimum atomic E-state index is -0.0409. The van der Waals surface area contributed by atoms with E-state index in [1.54, 1.807) is 24.3 Å². The van der Waals surface area contributed by atoms with E-state index in [9.17, 15) is 9.59 Å². The molecule has 0 aromatic heterocycles. The fourth-order valence-corrected chi connectivity index (χ4v) is 3.91. The second kappa shape index (κ2) is 7.12. The van der Waals surface area contributed by atoms with Gasteiger partial charge in [0.15, 0.2) is 0 Å². The molecule has 1 aliphatic heterocycles. The lowest BCUT2D eigenvalue weighted by Gasteiger charge is -2.15. The number of nitrogens with zero attached hydrogens (tertiary/aromatic N) is 1. The lowest BCUT2D eigenvalue weighted by molar-refractivity contribution is -0.117. The Balaban J connectivity index is 1.37. The molecular formula is C21H21ClN2O2. The van der Waals surface area contributed by atoms with Crippen LogP contribution in [0.1, 0.15) is 41.1 Å². The Bertz CT molecular complexity index is 828. The number of hydrogen-bond donors (Lipinski definition) is 1. The highest BCUT2D eigenvalue weighted by molar-refractivity contribution is 6.31. The third-order valence-electron chi connectivity index (χ3n) is 5.22. The Morgan fingerprint density at radius 2 is 1.69 bits per heavy atom. The molecular weight excluding hydrogens is 348 g/mol. The molecule has 2 atom stereocenters. The Kier molecular flexibility index (Phi) is 4.68. The van der Waals surface area contributed by atoms with Gasteiger partial charge in [0.2, 0.25) is 5.91 Å². The fourth-order valence-electron chi connectivity index (χ4n) is 3.64. The van der Waals surface area contributed by atoms with Crippen molar-refractivity contribution in [2.24, 2.45) is 5.92 Å². The molecule has 2 aromatic carbocycles. The van der Waals surface area contributed by atoms with Crippen LogP contribution in [-0.2, 0) is 4.79 Å². The molecule has 1 heterocycles. The molecule has 1 saturated carbocycles. The van der Waals surface area contributed by atoms with E-state index in [2.05, 4.69) is 5.32 Å². The van der Waals surface area contributed by atoms with E-state index in [4.69, 9.17) is 11.6 Å². The Morgan fingerprint density at radius 3 is 2.38 bits per heavy atom. The van der Waals surface area contributed by atoms with Gasteiger partial charge in [0, 0.05) is 35.3 Å². The van der Waals surface area contributed by atoms with E-state index >= 15 is 0 Å². The Hall–Kier alpha value is -2.33. The van der Waals surface area contributed by atoms with Crippen molar-refractivity contribution in [1.29, 1.82) is 0 Å². The van der Waals surface area contributed by atoms with E-state index in [1.165, 1.54) is 0 Å². The van der Waals surface area contributed by atoms with Gasteiger partial charge in [-0.25, -0.2) is 0 Å². The van der Waals surface area contributed by atoms with E-state index in [-0.39, 0.29) is 23.7 Å². The van der Waals surface area contributed by atoms with Crippen LogP contribution < -0.4 is 5.32 Å². The molecule has 134 valence electrons. The molecule has 4 rings (SSSR count). The SMILES string of the molecule is O=C(Nc1ccc(C(=O)N2CCCC2)cc1)C1CC1c1ccccc1Cl. The van der Waals surface area contributed by atoms with Gasteiger partial charge in [-0.1, -0.05) is 29.8 Å². The van der Waals surface area contributed by atoms with E-state index in [0.717, 1.165) is 48.6 Å². The molecule has 4 nitrogen and oxygen atoms in total. The number of carbonyl (C=O) groups is 2. The molecule has 1 saturated heterocycles. The molecule has 5 heteroatoms. The van der Waals surface area contributed by atoms with Gasteiger partial charge in [-0.05, 0) is 61.1 Å². The summed E-state index contributed by atoms with van der Waals surface area (Å²) in [5.74, 6) is 0.232. The number of halogens is 1. The van der Waals surface area contributed by atoms with Crippen LogP contribution >= 0.6 is 11.6 Å². The van der Waals surface area contributed by atoms with Gasteiger partial charge in [0.05, 0.1) is 0 Å². The van der Waals surface area contributed by atoms with Crippen molar-refractivity contribution in [3.63, 3.8) is 0 Å². The highest BCUT2D eigenvalue weighted by Crippen LogP contribution is 2.49. The summed E-state index contributed by atoms with van der Waals surface area (Å²) in [5.41, 5.74) is 2.43. The zero-order valence-corrected chi connectivity index (χ0v) is 15.2. The molecule has 0 radical (unpaired) electrons. The summed E-state index contributed by atoms with van der Waals surface area (Å²) >= 11 is 6.22. The van der Waals surface area contributed by atoms with Crippen LogP contribution in [0.15, 0.2) is 48.5 Å². The van der Waals surface area contributed by atoms with Crippen molar-refractivity contribution in [3.8, 4) is 0 Å². The number of amides is 2. The average molecular weight is 369 g/mol. The number of carbonyl (C=O) groups excluding carboxylic acids is 2. The smallest absolute Gasteiger partial charge is 0.253 e. The summed E-state index contributed by atoms with van der Waals surface area (Å²) < 4.78 is 0. The first-order valence-corrected chi connectivity index (χ1v) is 9.46. The molecule has 1 aliphatic carbocycles. The second-order valence-corrected chi connectivity index (χ2v) is 7.44. The van der Waals surface area contributed by atoms with Gasteiger partial charge >= 0.3 is 0 Å². The molecule has 2 amide bonds.